The number of benzene rings is 8. The molecular weight excluding hydrogens is 1060 g/mol. The van der Waals surface area contributed by atoms with Crippen molar-refractivity contribution < 1.29 is 39.4 Å². The van der Waals surface area contributed by atoms with E-state index in [1.807, 2.05) is 20.8 Å². The highest BCUT2D eigenvalue weighted by molar-refractivity contribution is 5.63. The van der Waals surface area contributed by atoms with Gasteiger partial charge in [-0.15, -0.1) is 0 Å². The number of hydrogen-bond acceptors (Lipinski definition) is 20. The zero-order valence-electron chi connectivity index (χ0n) is 44.2. The molecule has 0 bridgehead atoms. The molecule has 8 aromatic rings. The van der Waals surface area contributed by atoms with E-state index in [4.69, 9.17) is 9.47 Å². The monoisotopic (exact) mass is 1110 g/mol. The molecule has 24 heteroatoms. The summed E-state index contributed by atoms with van der Waals surface area (Å²) in [6.45, 7) is 6.27. The van der Waals surface area contributed by atoms with Gasteiger partial charge in [0, 0.05) is 101 Å². The third-order valence-corrected chi connectivity index (χ3v) is 12.2. The highest BCUT2D eigenvalue weighted by Gasteiger charge is 2.22. The van der Waals surface area contributed by atoms with Crippen LogP contribution >= 0.6 is 0 Å². The number of nitrogens with zero attached hydrogens (tertiary/aromatic N) is 12. The summed E-state index contributed by atoms with van der Waals surface area (Å²) in [7, 11) is 0. The molecule has 0 aliphatic heterocycles. The van der Waals surface area contributed by atoms with Crippen LogP contribution in [0.25, 0.3) is 0 Å². The maximum atomic E-state index is 12.5. The molecule has 0 aliphatic carbocycles. The van der Waals surface area contributed by atoms with E-state index in [1.54, 1.807) is 66.7 Å². The normalized spacial score (nSPS) is 11.5. The Morgan fingerprint density at radius 2 is 0.683 bits per heavy atom. The molecule has 0 atom stereocenters. The smallest absolute Gasteiger partial charge is 0.271 e. The number of rotatable bonds is 24. The minimum Gasteiger partial charge on any atom is -0.508 e. The van der Waals surface area contributed by atoms with Gasteiger partial charge in [-0.3, -0.25) is 40.5 Å². The van der Waals surface area contributed by atoms with Crippen molar-refractivity contribution in [3.8, 4) is 23.0 Å². The molecule has 0 radical (unpaired) electrons. The first-order chi connectivity index (χ1) is 39.5. The number of phenolic OH excluding ortho intramolecular Hbond substituents is 2. The summed E-state index contributed by atoms with van der Waals surface area (Å²) in [6.07, 6.45) is 1.20. The summed E-state index contributed by atoms with van der Waals surface area (Å²) >= 11 is 0. The Morgan fingerprint density at radius 1 is 0.378 bits per heavy atom. The zero-order chi connectivity index (χ0) is 58.3. The largest absolute Gasteiger partial charge is 0.508 e. The van der Waals surface area contributed by atoms with Crippen LogP contribution in [-0.2, 0) is 19.3 Å². The topological polar surface area (TPSA) is 330 Å². The van der Waals surface area contributed by atoms with E-state index in [0.29, 0.717) is 81.3 Å². The molecule has 0 unspecified atom stereocenters. The highest BCUT2D eigenvalue weighted by atomic mass is 16.6. The second-order valence-corrected chi connectivity index (χ2v) is 18.4. The molecule has 0 amide bonds. The van der Waals surface area contributed by atoms with E-state index in [1.165, 1.54) is 84.9 Å². The fourth-order valence-corrected chi connectivity index (χ4v) is 8.47. The number of aromatic hydroxyl groups is 2. The third kappa shape index (κ3) is 14.9. The van der Waals surface area contributed by atoms with Gasteiger partial charge in [-0.2, -0.15) is 40.9 Å². The van der Waals surface area contributed by atoms with Crippen LogP contribution in [0.5, 0.6) is 23.0 Å². The van der Waals surface area contributed by atoms with Gasteiger partial charge in [-0.25, -0.2) is 0 Å². The predicted octanol–water partition coefficient (Wildman–Crippen LogP) is 17.1. The number of non-ortho nitro benzene ring substituents is 4. The minimum atomic E-state index is -0.553. The number of nitro groups is 4. The number of azo groups is 4. The van der Waals surface area contributed by atoms with Gasteiger partial charge in [0.1, 0.15) is 23.0 Å². The fraction of sp³-hybridized carbons (Fsp3) is 0.172. The Labute approximate surface area is 467 Å². The lowest BCUT2D eigenvalue weighted by atomic mass is 9.93. The molecule has 0 spiro atoms. The molecule has 82 heavy (non-hydrogen) atoms. The van der Waals surface area contributed by atoms with Crippen molar-refractivity contribution in [1.29, 1.82) is 0 Å². The van der Waals surface area contributed by atoms with Gasteiger partial charge in [-0.05, 0) is 104 Å². The molecule has 24 nitrogen and oxygen atoms in total. The van der Waals surface area contributed by atoms with Crippen LogP contribution in [0.4, 0.5) is 68.2 Å². The van der Waals surface area contributed by atoms with Crippen molar-refractivity contribution >= 4 is 68.2 Å². The number of aryl methyl sites for hydroxylation is 1. The maximum absolute atomic E-state index is 12.5. The average molecular weight is 1110 g/mol. The van der Waals surface area contributed by atoms with Crippen molar-refractivity contribution in [2.24, 2.45) is 40.9 Å². The van der Waals surface area contributed by atoms with Gasteiger partial charge in [0.2, 0.25) is 0 Å². The Bertz CT molecular complexity index is 3870. The molecule has 414 valence electrons. The van der Waals surface area contributed by atoms with E-state index in [-0.39, 0.29) is 94.2 Å². The predicted molar refractivity (Wildman–Crippen MR) is 303 cm³/mol. The summed E-state index contributed by atoms with van der Waals surface area (Å²) < 4.78 is 12.8. The third-order valence-electron chi connectivity index (χ3n) is 12.2. The SMILES string of the molecule is CCCOc1c(C)cc(N=Nc2cccc([N+](=O)[O-])c2)cc1Cc1cc(N=Nc2cccc([N+](=O)[O-])c2)cc(Cc2cc(N=Nc3cccc([N+](=O)[O-])c3)cc(Cc3cc(N=Nc4cccc([N+](=O)[O-])c4)ccc3O)c2OCCC)c1O. The number of hydrogen-bond donors (Lipinski definition) is 2. The lowest BCUT2D eigenvalue weighted by Gasteiger charge is -2.19. The fourth-order valence-electron chi connectivity index (χ4n) is 8.47. The van der Waals surface area contributed by atoms with Gasteiger partial charge in [0.15, 0.2) is 0 Å². The van der Waals surface area contributed by atoms with Crippen LogP contribution in [-0.4, -0.2) is 43.1 Å². The van der Waals surface area contributed by atoms with Gasteiger partial charge in [0.25, 0.3) is 22.7 Å². The molecule has 0 aromatic heterocycles. The lowest BCUT2D eigenvalue weighted by molar-refractivity contribution is -0.385. The molecule has 0 fully saturated rings. The maximum Gasteiger partial charge on any atom is 0.271 e. The van der Waals surface area contributed by atoms with Crippen molar-refractivity contribution in [3.05, 3.63) is 231 Å². The first kappa shape index (κ1) is 57.1. The van der Waals surface area contributed by atoms with E-state index in [9.17, 15) is 50.7 Å². The Balaban J connectivity index is 1.27. The van der Waals surface area contributed by atoms with E-state index < -0.39 is 19.7 Å². The molecular formula is C58H50N12O12. The van der Waals surface area contributed by atoms with E-state index in [2.05, 4.69) is 40.9 Å². The summed E-state index contributed by atoms with van der Waals surface area (Å²) in [5, 5.41) is 105. The van der Waals surface area contributed by atoms with Gasteiger partial charge in [-0.1, -0.05) is 38.1 Å². The Hall–Kier alpha value is -11.0. The zero-order valence-corrected chi connectivity index (χ0v) is 44.2. The van der Waals surface area contributed by atoms with Crippen molar-refractivity contribution in [2.45, 2.75) is 52.9 Å². The molecule has 8 rings (SSSR count). The average Bonchev–Trinajstić information content (AvgIpc) is 3.62. The van der Waals surface area contributed by atoms with Gasteiger partial charge >= 0.3 is 0 Å². The lowest BCUT2D eigenvalue weighted by Crippen LogP contribution is -2.05. The van der Waals surface area contributed by atoms with Crippen LogP contribution in [0.15, 0.2) is 193 Å². The highest BCUT2D eigenvalue weighted by Crippen LogP contribution is 2.42. The van der Waals surface area contributed by atoms with Crippen molar-refractivity contribution in [3.63, 3.8) is 0 Å². The van der Waals surface area contributed by atoms with Crippen LogP contribution in [0.1, 0.15) is 65.6 Å². The van der Waals surface area contributed by atoms with Gasteiger partial charge < -0.3 is 19.7 Å². The van der Waals surface area contributed by atoms with E-state index >= 15 is 0 Å². The van der Waals surface area contributed by atoms with Crippen LogP contribution in [0.3, 0.4) is 0 Å². The first-order valence-corrected chi connectivity index (χ1v) is 25.4. The van der Waals surface area contributed by atoms with E-state index in [0.717, 1.165) is 0 Å². The molecule has 0 saturated carbocycles. The second kappa shape index (κ2) is 26.5. The standard InChI is InChI=1S/C58H50N12O12/c1-4-20-81-57-36(3)22-48(64-60-44-11-7-15-52(33-44)68(75)76)29-40(57)24-38-27-49(65-61-45-12-8-16-53(34-45)69(77)78)28-39(56(38)72)25-42-31-50(66-62-46-13-9-17-54(35-46)70(79)80)30-41(58(42)82-21-5-2)23-37-26-47(18-19-55(37)71)63-59-43-10-6-14-51(32-43)67(73)74/h6-19,22,26-35,71-72H,4-5,20-21,23-25H2,1-3H3. The minimum absolute atomic E-state index is 0.00164. The summed E-state index contributed by atoms with van der Waals surface area (Å²) in [4.78, 5) is 44.1. The molecule has 2 N–H and O–H groups in total. The molecule has 8 aromatic carbocycles. The van der Waals surface area contributed by atoms with Crippen LogP contribution in [0.2, 0.25) is 0 Å². The van der Waals surface area contributed by atoms with Gasteiger partial charge in [0.05, 0.1) is 78.4 Å². The quantitative estimate of drug-likeness (QED) is 0.0324. The molecule has 0 aliphatic rings. The molecule has 0 heterocycles. The Morgan fingerprint density at radius 3 is 1.06 bits per heavy atom. The number of phenols is 2. The summed E-state index contributed by atoms with van der Waals surface area (Å²) in [5.41, 5.74) is 4.53. The number of ether oxygens (including phenoxy) is 2. The summed E-state index contributed by atoms with van der Waals surface area (Å²) in [6, 6.07) is 37.2. The molecule has 0 saturated heterocycles. The second-order valence-electron chi connectivity index (χ2n) is 18.4. The first-order valence-electron chi connectivity index (χ1n) is 25.4. The Kier molecular flexibility index (Phi) is 18.5. The summed E-state index contributed by atoms with van der Waals surface area (Å²) in [5.74, 6) is 0.594. The number of nitro benzene ring substituents is 4. The van der Waals surface area contributed by atoms with Crippen LogP contribution in [0, 0.1) is 47.4 Å². The van der Waals surface area contributed by atoms with Crippen molar-refractivity contribution in [2.75, 3.05) is 13.2 Å². The van der Waals surface area contributed by atoms with Crippen molar-refractivity contribution in [1.82, 2.24) is 0 Å². The van der Waals surface area contributed by atoms with Crippen LogP contribution < -0.4 is 9.47 Å².